The third-order valence-corrected chi connectivity index (χ3v) is 2.72. The van der Waals surface area contributed by atoms with Crippen LogP contribution >= 0.6 is 11.3 Å². The zero-order valence-electron chi connectivity index (χ0n) is 8.40. The first-order chi connectivity index (χ1) is 7.16. The van der Waals surface area contributed by atoms with Gasteiger partial charge in [-0.15, -0.1) is 11.3 Å². The van der Waals surface area contributed by atoms with E-state index in [-0.39, 0.29) is 5.91 Å². The molecule has 2 aromatic heterocycles. The zero-order chi connectivity index (χ0) is 10.8. The van der Waals surface area contributed by atoms with Gasteiger partial charge in [0.05, 0.1) is 6.26 Å². The second-order valence-corrected chi connectivity index (χ2v) is 4.29. The van der Waals surface area contributed by atoms with Crippen molar-refractivity contribution in [2.45, 2.75) is 13.8 Å². The summed E-state index contributed by atoms with van der Waals surface area (Å²) in [7, 11) is 0. The van der Waals surface area contributed by atoms with E-state index in [0.29, 0.717) is 5.13 Å². The van der Waals surface area contributed by atoms with Crippen molar-refractivity contribution in [2.75, 3.05) is 5.32 Å². The molecular formula is C10H10N2O2S. The molecule has 0 spiro atoms. The summed E-state index contributed by atoms with van der Waals surface area (Å²) in [5.41, 5.74) is 0.786. The number of aryl methyl sites for hydroxylation is 1. The summed E-state index contributed by atoms with van der Waals surface area (Å²) in [6, 6.07) is 3.66. The van der Waals surface area contributed by atoms with Crippen LogP contribution in [0.15, 0.2) is 22.8 Å². The Morgan fingerprint density at radius 2 is 2.40 bits per heavy atom. The average Bonchev–Trinajstić information content (AvgIpc) is 2.72. The second-order valence-electron chi connectivity index (χ2n) is 3.08. The van der Waals surface area contributed by atoms with E-state index in [1.807, 2.05) is 19.1 Å². The Morgan fingerprint density at radius 3 is 3.00 bits per heavy atom. The third kappa shape index (κ3) is 2.07. The van der Waals surface area contributed by atoms with E-state index >= 15 is 0 Å². The summed E-state index contributed by atoms with van der Waals surface area (Å²) in [6.45, 7) is 3.41. The lowest BCUT2D eigenvalue weighted by atomic mass is 10.3. The Kier molecular flexibility index (Phi) is 2.55. The van der Waals surface area contributed by atoms with Crippen molar-refractivity contribution in [3.05, 3.63) is 23.3 Å². The molecule has 0 saturated heterocycles. The Labute approximate surface area is 90.9 Å². The highest BCUT2D eigenvalue weighted by atomic mass is 32.1. The molecule has 0 saturated carbocycles. The van der Waals surface area contributed by atoms with Crippen molar-refractivity contribution < 1.29 is 9.21 Å². The maximum absolute atomic E-state index is 10.9. The van der Waals surface area contributed by atoms with Gasteiger partial charge in [-0.1, -0.05) is 0 Å². The molecule has 15 heavy (non-hydrogen) atoms. The highest BCUT2D eigenvalue weighted by molar-refractivity contribution is 7.16. The Morgan fingerprint density at radius 1 is 1.60 bits per heavy atom. The maximum atomic E-state index is 10.9. The minimum atomic E-state index is -0.116. The first-order valence-electron chi connectivity index (χ1n) is 4.45. The number of nitrogens with zero attached hydrogens (tertiary/aromatic N) is 1. The summed E-state index contributed by atoms with van der Waals surface area (Å²) in [4.78, 5) is 16.2. The minimum Gasteiger partial charge on any atom is -0.463 e. The van der Waals surface area contributed by atoms with Crippen LogP contribution in [0.25, 0.3) is 11.5 Å². The number of aromatic nitrogens is 1. The van der Waals surface area contributed by atoms with Crippen molar-refractivity contribution in [2.24, 2.45) is 0 Å². The second kappa shape index (κ2) is 3.86. The molecular weight excluding hydrogens is 212 g/mol. The fourth-order valence-corrected chi connectivity index (χ4v) is 2.11. The molecule has 0 aliphatic carbocycles. The van der Waals surface area contributed by atoms with Gasteiger partial charge in [0.1, 0.15) is 5.69 Å². The SMILES string of the molecule is CC(=O)Nc1nc(-c2ccco2)c(C)s1. The molecule has 0 fully saturated rings. The molecule has 78 valence electrons. The van der Waals surface area contributed by atoms with Crippen molar-refractivity contribution in [3.8, 4) is 11.5 Å². The Bertz CT molecular complexity index is 474. The molecule has 0 unspecified atom stereocenters. The van der Waals surface area contributed by atoms with Gasteiger partial charge in [0.2, 0.25) is 5.91 Å². The van der Waals surface area contributed by atoms with Crippen LogP contribution in [0.2, 0.25) is 0 Å². The van der Waals surface area contributed by atoms with Gasteiger partial charge >= 0.3 is 0 Å². The highest BCUT2D eigenvalue weighted by Crippen LogP contribution is 2.30. The van der Waals surface area contributed by atoms with E-state index in [2.05, 4.69) is 10.3 Å². The highest BCUT2D eigenvalue weighted by Gasteiger charge is 2.12. The van der Waals surface area contributed by atoms with Gasteiger partial charge in [0.15, 0.2) is 10.9 Å². The van der Waals surface area contributed by atoms with E-state index in [4.69, 9.17) is 4.42 Å². The molecule has 2 rings (SSSR count). The number of carbonyl (C=O) groups is 1. The first-order valence-corrected chi connectivity index (χ1v) is 5.27. The average molecular weight is 222 g/mol. The van der Waals surface area contributed by atoms with Crippen LogP contribution in [-0.2, 0) is 4.79 Å². The topological polar surface area (TPSA) is 55.1 Å². The molecule has 0 aliphatic heterocycles. The normalized spacial score (nSPS) is 10.3. The number of furan rings is 1. The van der Waals surface area contributed by atoms with Crippen LogP contribution in [0.4, 0.5) is 5.13 Å². The molecule has 0 aliphatic rings. The molecule has 4 nitrogen and oxygen atoms in total. The predicted octanol–water partition coefficient (Wildman–Crippen LogP) is 2.67. The van der Waals surface area contributed by atoms with Gasteiger partial charge in [0, 0.05) is 11.8 Å². The van der Waals surface area contributed by atoms with Crippen molar-refractivity contribution in [3.63, 3.8) is 0 Å². The van der Waals surface area contributed by atoms with Crippen LogP contribution < -0.4 is 5.32 Å². The first kappa shape index (κ1) is 9.92. The molecule has 0 radical (unpaired) electrons. The predicted molar refractivity (Wildman–Crippen MR) is 58.9 cm³/mol. The van der Waals surface area contributed by atoms with Gasteiger partial charge in [-0.2, -0.15) is 0 Å². The molecule has 2 heterocycles. The maximum Gasteiger partial charge on any atom is 0.223 e. The minimum absolute atomic E-state index is 0.116. The smallest absolute Gasteiger partial charge is 0.223 e. The molecule has 0 atom stereocenters. The molecule has 5 heteroatoms. The summed E-state index contributed by atoms with van der Waals surface area (Å²) in [5.74, 6) is 0.607. The monoisotopic (exact) mass is 222 g/mol. The van der Waals surface area contributed by atoms with E-state index < -0.39 is 0 Å². The quantitative estimate of drug-likeness (QED) is 0.849. The van der Waals surface area contributed by atoms with Crippen molar-refractivity contribution in [1.29, 1.82) is 0 Å². The number of rotatable bonds is 2. The molecule has 1 N–H and O–H groups in total. The van der Waals surface area contributed by atoms with Crippen LogP contribution in [0.5, 0.6) is 0 Å². The van der Waals surface area contributed by atoms with E-state index in [1.165, 1.54) is 18.3 Å². The van der Waals surface area contributed by atoms with Crippen molar-refractivity contribution >= 4 is 22.4 Å². The molecule has 1 amide bonds. The lowest BCUT2D eigenvalue weighted by Gasteiger charge is -1.92. The number of nitrogens with one attached hydrogen (secondary N) is 1. The van der Waals surface area contributed by atoms with Crippen molar-refractivity contribution in [1.82, 2.24) is 4.98 Å². The number of thiazole rings is 1. The van der Waals surface area contributed by atoms with Gasteiger partial charge in [-0.3, -0.25) is 4.79 Å². The summed E-state index contributed by atoms with van der Waals surface area (Å²) in [5, 5.41) is 3.26. The number of anilines is 1. The molecule has 0 aromatic carbocycles. The van der Waals surface area contributed by atoms with Crippen LogP contribution in [0.3, 0.4) is 0 Å². The van der Waals surface area contributed by atoms with Crippen LogP contribution in [-0.4, -0.2) is 10.9 Å². The standard InChI is InChI=1S/C10H10N2O2S/c1-6-9(8-4-3-5-14-8)12-10(15-6)11-7(2)13/h3-5H,1-2H3,(H,11,12,13). The fourth-order valence-electron chi connectivity index (χ4n) is 1.24. The number of carbonyl (C=O) groups excluding carboxylic acids is 1. The molecule has 2 aromatic rings. The Hall–Kier alpha value is -1.62. The van der Waals surface area contributed by atoms with E-state index in [1.54, 1.807) is 6.26 Å². The van der Waals surface area contributed by atoms with Gasteiger partial charge in [-0.05, 0) is 19.1 Å². The Balaban J connectivity index is 2.34. The zero-order valence-corrected chi connectivity index (χ0v) is 9.22. The van der Waals surface area contributed by atoms with Gasteiger partial charge in [0.25, 0.3) is 0 Å². The molecule has 0 bridgehead atoms. The number of amides is 1. The van der Waals surface area contributed by atoms with E-state index in [0.717, 1.165) is 16.3 Å². The van der Waals surface area contributed by atoms with Gasteiger partial charge in [-0.25, -0.2) is 4.98 Å². The van der Waals surface area contributed by atoms with Crippen LogP contribution in [0, 0.1) is 6.92 Å². The van der Waals surface area contributed by atoms with Gasteiger partial charge < -0.3 is 9.73 Å². The number of hydrogen-bond acceptors (Lipinski definition) is 4. The van der Waals surface area contributed by atoms with E-state index in [9.17, 15) is 4.79 Å². The largest absolute Gasteiger partial charge is 0.463 e. The number of hydrogen-bond donors (Lipinski definition) is 1. The summed E-state index contributed by atoms with van der Waals surface area (Å²) < 4.78 is 5.25. The summed E-state index contributed by atoms with van der Waals surface area (Å²) >= 11 is 1.44. The fraction of sp³-hybridized carbons (Fsp3) is 0.200. The lowest BCUT2D eigenvalue weighted by Crippen LogP contribution is -2.04. The lowest BCUT2D eigenvalue weighted by molar-refractivity contribution is -0.114. The third-order valence-electron chi connectivity index (χ3n) is 1.83. The van der Waals surface area contributed by atoms with Crippen LogP contribution in [0.1, 0.15) is 11.8 Å². The summed E-state index contributed by atoms with van der Waals surface area (Å²) in [6.07, 6.45) is 1.60.